The van der Waals surface area contributed by atoms with Gasteiger partial charge in [-0.3, -0.25) is 9.59 Å². The van der Waals surface area contributed by atoms with Crippen molar-refractivity contribution in [3.63, 3.8) is 0 Å². The lowest BCUT2D eigenvalue weighted by Gasteiger charge is -2.33. The zero-order valence-electron chi connectivity index (χ0n) is 13.4. The standard InChI is InChI=1S/C17H23ClN2O3/c1-2-23-12-6-10-16(21)19-14-8-5-11-20(17(14)22)15-9-4-3-7-13(15)18/h3-4,7,9,14H,2,5-6,8,10-12H2,1H3,(H,19,21)/t14-/m1/s1. The molecular weight excluding hydrogens is 316 g/mol. The molecule has 0 saturated carbocycles. The predicted molar refractivity (Wildman–Crippen MR) is 90.7 cm³/mol. The van der Waals surface area contributed by atoms with Crippen LogP contribution in [-0.4, -0.2) is 37.6 Å². The van der Waals surface area contributed by atoms with Crippen molar-refractivity contribution in [1.82, 2.24) is 5.32 Å². The average molecular weight is 339 g/mol. The number of rotatable bonds is 7. The Bertz CT molecular complexity index is 550. The maximum atomic E-state index is 12.6. The Morgan fingerprint density at radius 1 is 1.43 bits per heavy atom. The fraction of sp³-hybridized carbons (Fsp3) is 0.529. The molecule has 6 heteroatoms. The van der Waals surface area contributed by atoms with E-state index in [1.807, 2.05) is 25.1 Å². The second-order valence-corrected chi connectivity index (χ2v) is 5.91. The Balaban J connectivity index is 1.92. The van der Waals surface area contributed by atoms with Gasteiger partial charge in [0, 0.05) is 26.2 Å². The SMILES string of the molecule is CCOCCCC(=O)N[C@@H]1CCCN(c2ccccc2Cl)C1=O. The van der Waals surface area contributed by atoms with E-state index >= 15 is 0 Å². The molecule has 0 spiro atoms. The van der Waals surface area contributed by atoms with Crippen molar-refractivity contribution in [2.75, 3.05) is 24.7 Å². The van der Waals surface area contributed by atoms with Crippen LogP contribution in [0.3, 0.4) is 0 Å². The number of para-hydroxylation sites is 1. The van der Waals surface area contributed by atoms with Crippen molar-refractivity contribution in [2.24, 2.45) is 0 Å². The van der Waals surface area contributed by atoms with Crippen LogP contribution in [-0.2, 0) is 14.3 Å². The number of hydrogen-bond donors (Lipinski definition) is 1. The molecule has 0 aliphatic carbocycles. The van der Waals surface area contributed by atoms with Crippen molar-refractivity contribution in [2.45, 2.75) is 38.6 Å². The van der Waals surface area contributed by atoms with E-state index in [9.17, 15) is 9.59 Å². The van der Waals surface area contributed by atoms with Crippen LogP contribution >= 0.6 is 11.6 Å². The van der Waals surface area contributed by atoms with Crippen molar-refractivity contribution in [1.29, 1.82) is 0 Å². The number of carbonyl (C=O) groups excluding carboxylic acids is 2. The summed E-state index contributed by atoms with van der Waals surface area (Å²) < 4.78 is 5.21. The molecule has 1 fully saturated rings. The van der Waals surface area contributed by atoms with Crippen LogP contribution in [0.4, 0.5) is 5.69 Å². The van der Waals surface area contributed by atoms with Gasteiger partial charge in [0.25, 0.3) is 0 Å². The van der Waals surface area contributed by atoms with Crippen LogP contribution in [0.25, 0.3) is 0 Å². The predicted octanol–water partition coefficient (Wildman–Crippen LogP) is 2.77. The summed E-state index contributed by atoms with van der Waals surface area (Å²) in [5.41, 5.74) is 0.703. The minimum atomic E-state index is -0.473. The third-order valence-corrected chi connectivity index (χ3v) is 4.13. The third-order valence-electron chi connectivity index (χ3n) is 3.81. The number of benzene rings is 1. The van der Waals surface area contributed by atoms with E-state index < -0.39 is 6.04 Å². The number of amides is 2. The van der Waals surface area contributed by atoms with Gasteiger partial charge in [0.05, 0.1) is 10.7 Å². The molecule has 0 bridgehead atoms. The first-order valence-corrected chi connectivity index (χ1v) is 8.44. The Morgan fingerprint density at radius 2 is 2.22 bits per heavy atom. The Kier molecular flexibility index (Phi) is 6.86. The Labute approximate surface area is 141 Å². The van der Waals surface area contributed by atoms with Gasteiger partial charge in [-0.25, -0.2) is 0 Å². The highest BCUT2D eigenvalue weighted by Crippen LogP contribution is 2.28. The molecule has 1 atom stereocenters. The molecule has 1 aromatic rings. The van der Waals surface area contributed by atoms with E-state index in [4.69, 9.17) is 16.3 Å². The van der Waals surface area contributed by atoms with Crippen LogP contribution in [0.15, 0.2) is 24.3 Å². The van der Waals surface area contributed by atoms with Crippen LogP contribution in [0.5, 0.6) is 0 Å². The maximum absolute atomic E-state index is 12.6. The van der Waals surface area contributed by atoms with Crippen molar-refractivity contribution in [3.05, 3.63) is 29.3 Å². The van der Waals surface area contributed by atoms with E-state index in [1.165, 1.54) is 0 Å². The quantitative estimate of drug-likeness (QED) is 0.778. The van der Waals surface area contributed by atoms with Crippen molar-refractivity contribution >= 4 is 29.1 Å². The molecule has 0 aromatic heterocycles. The van der Waals surface area contributed by atoms with E-state index in [-0.39, 0.29) is 11.8 Å². The topological polar surface area (TPSA) is 58.6 Å². The molecule has 126 valence electrons. The van der Waals surface area contributed by atoms with Gasteiger partial charge in [-0.1, -0.05) is 23.7 Å². The lowest BCUT2D eigenvalue weighted by Crippen LogP contribution is -2.52. The minimum absolute atomic E-state index is 0.0949. The number of carbonyl (C=O) groups is 2. The minimum Gasteiger partial charge on any atom is -0.382 e. The normalized spacial score (nSPS) is 18.1. The molecule has 1 aliphatic heterocycles. The first kappa shape index (κ1) is 17.8. The zero-order chi connectivity index (χ0) is 16.7. The highest BCUT2D eigenvalue weighted by atomic mass is 35.5. The number of anilines is 1. The number of nitrogens with one attached hydrogen (secondary N) is 1. The van der Waals surface area contributed by atoms with Gasteiger partial charge < -0.3 is 15.0 Å². The summed E-state index contributed by atoms with van der Waals surface area (Å²) in [7, 11) is 0. The van der Waals surface area contributed by atoms with Gasteiger partial charge in [-0.05, 0) is 38.3 Å². The Morgan fingerprint density at radius 3 is 2.96 bits per heavy atom. The number of piperidine rings is 1. The monoisotopic (exact) mass is 338 g/mol. The smallest absolute Gasteiger partial charge is 0.249 e. The lowest BCUT2D eigenvalue weighted by atomic mass is 10.0. The number of hydrogen-bond acceptors (Lipinski definition) is 3. The summed E-state index contributed by atoms with van der Waals surface area (Å²) in [5.74, 6) is -0.202. The van der Waals surface area contributed by atoms with E-state index in [0.29, 0.717) is 49.7 Å². The number of nitrogens with zero attached hydrogens (tertiary/aromatic N) is 1. The van der Waals surface area contributed by atoms with Gasteiger partial charge >= 0.3 is 0 Å². The molecule has 0 radical (unpaired) electrons. The van der Waals surface area contributed by atoms with Gasteiger partial charge in [-0.2, -0.15) is 0 Å². The van der Waals surface area contributed by atoms with Gasteiger partial charge in [-0.15, -0.1) is 0 Å². The number of ether oxygens (including phenoxy) is 1. The second kappa shape index (κ2) is 8.89. The summed E-state index contributed by atoms with van der Waals surface area (Å²) >= 11 is 6.18. The lowest BCUT2D eigenvalue weighted by molar-refractivity contribution is -0.128. The average Bonchev–Trinajstić information content (AvgIpc) is 2.54. The summed E-state index contributed by atoms with van der Waals surface area (Å²) in [6, 6.07) is 6.80. The molecule has 1 saturated heterocycles. The molecule has 2 rings (SSSR count). The van der Waals surface area contributed by atoms with Gasteiger partial charge in [0.2, 0.25) is 11.8 Å². The first-order valence-electron chi connectivity index (χ1n) is 8.06. The molecule has 2 amide bonds. The largest absolute Gasteiger partial charge is 0.382 e. The molecule has 1 aliphatic rings. The molecule has 1 N–H and O–H groups in total. The van der Waals surface area contributed by atoms with E-state index in [1.54, 1.807) is 11.0 Å². The number of halogens is 1. The Hall–Kier alpha value is -1.59. The van der Waals surface area contributed by atoms with Crippen molar-refractivity contribution < 1.29 is 14.3 Å². The highest BCUT2D eigenvalue weighted by molar-refractivity contribution is 6.33. The zero-order valence-corrected chi connectivity index (χ0v) is 14.1. The second-order valence-electron chi connectivity index (χ2n) is 5.50. The molecule has 1 aromatic carbocycles. The van der Waals surface area contributed by atoms with E-state index in [0.717, 1.165) is 6.42 Å². The van der Waals surface area contributed by atoms with Crippen LogP contribution in [0.1, 0.15) is 32.6 Å². The van der Waals surface area contributed by atoms with E-state index in [2.05, 4.69) is 5.32 Å². The fourth-order valence-corrected chi connectivity index (χ4v) is 2.90. The first-order chi connectivity index (χ1) is 11.1. The van der Waals surface area contributed by atoms with Gasteiger partial charge in [0.1, 0.15) is 6.04 Å². The molecule has 1 heterocycles. The van der Waals surface area contributed by atoms with Crippen LogP contribution < -0.4 is 10.2 Å². The molecular formula is C17H23ClN2O3. The molecule has 5 nitrogen and oxygen atoms in total. The van der Waals surface area contributed by atoms with Crippen LogP contribution in [0, 0.1) is 0 Å². The maximum Gasteiger partial charge on any atom is 0.249 e. The van der Waals surface area contributed by atoms with Crippen molar-refractivity contribution in [3.8, 4) is 0 Å². The molecule has 23 heavy (non-hydrogen) atoms. The summed E-state index contributed by atoms with van der Waals surface area (Å²) in [5, 5.41) is 3.38. The summed E-state index contributed by atoms with van der Waals surface area (Å²) in [4.78, 5) is 26.2. The summed E-state index contributed by atoms with van der Waals surface area (Å²) in [6.45, 7) is 3.76. The third kappa shape index (κ3) is 4.94. The highest BCUT2D eigenvalue weighted by Gasteiger charge is 2.31. The van der Waals surface area contributed by atoms with Gasteiger partial charge in [0.15, 0.2) is 0 Å². The molecule has 0 unspecified atom stereocenters. The fourth-order valence-electron chi connectivity index (χ4n) is 2.66. The summed E-state index contributed by atoms with van der Waals surface area (Å²) in [6.07, 6.45) is 2.53. The van der Waals surface area contributed by atoms with Crippen LogP contribution in [0.2, 0.25) is 5.02 Å².